The highest BCUT2D eigenvalue weighted by Gasteiger charge is 2.40. The maximum atomic E-state index is 12.1. The molecule has 2 heterocycles. The lowest BCUT2D eigenvalue weighted by atomic mass is 9.79. The third-order valence-electron chi connectivity index (χ3n) is 4.52. The van der Waals surface area contributed by atoms with Gasteiger partial charge in [0.15, 0.2) is 0 Å². The van der Waals surface area contributed by atoms with Gasteiger partial charge in [-0.1, -0.05) is 6.92 Å². The van der Waals surface area contributed by atoms with E-state index in [0.29, 0.717) is 45.8 Å². The molecular weight excluding hydrogens is 292 g/mol. The van der Waals surface area contributed by atoms with Gasteiger partial charge in [0.05, 0.1) is 19.0 Å². The zero-order valence-corrected chi connectivity index (χ0v) is 13.8. The van der Waals surface area contributed by atoms with Crippen LogP contribution in [0.4, 0.5) is 0 Å². The summed E-state index contributed by atoms with van der Waals surface area (Å²) in [6.45, 7) is 7.05. The van der Waals surface area contributed by atoms with Gasteiger partial charge in [0, 0.05) is 38.5 Å². The Balaban J connectivity index is 2.02. The standard InChI is InChI=1S/C14H26N2O4S/c1-3-10-21(18,19)16-6-4-14(5-7-16)11-15(13(2)17)8-9-20-12-14/h3-12H2,1-2H3. The van der Waals surface area contributed by atoms with Gasteiger partial charge in [-0.3, -0.25) is 4.79 Å². The Kier molecular flexibility index (Phi) is 5.27. The first-order chi connectivity index (χ1) is 9.88. The van der Waals surface area contributed by atoms with Gasteiger partial charge >= 0.3 is 0 Å². The summed E-state index contributed by atoms with van der Waals surface area (Å²) in [6, 6.07) is 0. The number of nitrogens with zero attached hydrogens (tertiary/aromatic N) is 2. The van der Waals surface area contributed by atoms with Crippen molar-refractivity contribution in [3.63, 3.8) is 0 Å². The summed E-state index contributed by atoms with van der Waals surface area (Å²) in [5.41, 5.74) is -0.0829. The van der Waals surface area contributed by atoms with Crippen LogP contribution in [-0.4, -0.2) is 68.7 Å². The lowest BCUT2D eigenvalue weighted by molar-refractivity contribution is -0.130. The predicted octanol–water partition coefficient (Wildman–Crippen LogP) is 0.687. The lowest BCUT2D eigenvalue weighted by Gasteiger charge is -2.41. The summed E-state index contributed by atoms with van der Waals surface area (Å²) >= 11 is 0. The van der Waals surface area contributed by atoms with Crippen LogP contribution in [0.1, 0.15) is 33.1 Å². The van der Waals surface area contributed by atoms with Crippen molar-refractivity contribution in [3.8, 4) is 0 Å². The van der Waals surface area contributed by atoms with Gasteiger partial charge in [0.2, 0.25) is 15.9 Å². The first-order valence-corrected chi connectivity index (χ1v) is 9.31. The number of rotatable bonds is 3. The normalized spacial score (nSPS) is 24.0. The maximum absolute atomic E-state index is 12.1. The van der Waals surface area contributed by atoms with Crippen LogP contribution in [0, 0.1) is 5.41 Å². The summed E-state index contributed by atoms with van der Waals surface area (Å²) in [6.07, 6.45) is 2.17. The Morgan fingerprint density at radius 1 is 1.24 bits per heavy atom. The maximum Gasteiger partial charge on any atom is 0.219 e. The van der Waals surface area contributed by atoms with Crippen molar-refractivity contribution in [2.24, 2.45) is 5.41 Å². The third kappa shape index (κ3) is 3.96. The summed E-state index contributed by atoms with van der Waals surface area (Å²) in [7, 11) is -3.12. The molecule has 0 atom stereocenters. The fourth-order valence-corrected chi connectivity index (χ4v) is 4.70. The number of sulfonamides is 1. The summed E-state index contributed by atoms with van der Waals surface area (Å²) in [4.78, 5) is 13.5. The molecule has 2 aliphatic rings. The van der Waals surface area contributed by atoms with Crippen LogP contribution in [0.15, 0.2) is 0 Å². The molecule has 1 spiro atoms. The molecule has 0 bridgehead atoms. The molecule has 21 heavy (non-hydrogen) atoms. The minimum absolute atomic E-state index is 0.0703. The fourth-order valence-electron chi connectivity index (χ4n) is 3.19. The average molecular weight is 318 g/mol. The van der Waals surface area contributed by atoms with E-state index >= 15 is 0 Å². The Bertz CT molecular complexity index is 469. The van der Waals surface area contributed by atoms with Gasteiger partial charge in [-0.25, -0.2) is 12.7 Å². The SMILES string of the molecule is CCCS(=O)(=O)N1CCC2(CC1)COCCN(C(C)=O)C2. The molecule has 0 radical (unpaired) electrons. The van der Waals surface area contributed by atoms with Gasteiger partial charge in [-0.2, -0.15) is 0 Å². The number of amides is 1. The van der Waals surface area contributed by atoms with E-state index < -0.39 is 10.0 Å². The minimum atomic E-state index is -3.12. The van der Waals surface area contributed by atoms with E-state index in [9.17, 15) is 13.2 Å². The Labute approximate surface area is 127 Å². The van der Waals surface area contributed by atoms with Crippen LogP contribution in [0.5, 0.6) is 0 Å². The van der Waals surface area contributed by atoms with E-state index in [2.05, 4.69) is 0 Å². The Morgan fingerprint density at radius 2 is 1.90 bits per heavy atom. The summed E-state index contributed by atoms with van der Waals surface area (Å²) < 4.78 is 31.5. The van der Waals surface area contributed by atoms with Crippen molar-refractivity contribution < 1.29 is 17.9 Å². The van der Waals surface area contributed by atoms with Crippen LogP contribution >= 0.6 is 0 Å². The van der Waals surface area contributed by atoms with Gasteiger partial charge < -0.3 is 9.64 Å². The van der Waals surface area contributed by atoms with E-state index in [1.807, 2.05) is 11.8 Å². The highest BCUT2D eigenvalue weighted by atomic mass is 32.2. The van der Waals surface area contributed by atoms with Crippen LogP contribution in [0.25, 0.3) is 0 Å². The zero-order chi connectivity index (χ0) is 15.5. The van der Waals surface area contributed by atoms with Crippen molar-refractivity contribution in [2.45, 2.75) is 33.1 Å². The molecule has 0 saturated carbocycles. The van der Waals surface area contributed by atoms with Crippen LogP contribution < -0.4 is 0 Å². The Morgan fingerprint density at radius 3 is 2.48 bits per heavy atom. The second-order valence-electron chi connectivity index (χ2n) is 6.21. The van der Waals surface area contributed by atoms with Gasteiger partial charge in [0.25, 0.3) is 0 Å². The van der Waals surface area contributed by atoms with Gasteiger partial charge in [-0.05, 0) is 19.3 Å². The minimum Gasteiger partial charge on any atom is -0.379 e. The number of piperidine rings is 1. The monoisotopic (exact) mass is 318 g/mol. The van der Waals surface area contributed by atoms with Crippen LogP contribution in [0.2, 0.25) is 0 Å². The number of carbonyl (C=O) groups excluding carboxylic acids is 1. The summed E-state index contributed by atoms with van der Waals surface area (Å²) in [5, 5.41) is 0. The number of hydrogen-bond donors (Lipinski definition) is 0. The smallest absolute Gasteiger partial charge is 0.219 e. The molecule has 0 aromatic rings. The molecule has 2 saturated heterocycles. The molecule has 2 fully saturated rings. The van der Waals surface area contributed by atoms with Crippen molar-refractivity contribution >= 4 is 15.9 Å². The molecule has 2 aliphatic heterocycles. The molecule has 0 unspecified atom stereocenters. The van der Waals surface area contributed by atoms with E-state index in [-0.39, 0.29) is 17.1 Å². The molecule has 1 amide bonds. The third-order valence-corrected chi connectivity index (χ3v) is 6.60. The second kappa shape index (κ2) is 6.62. The number of carbonyl (C=O) groups is 1. The molecule has 0 aliphatic carbocycles. The first-order valence-electron chi connectivity index (χ1n) is 7.70. The van der Waals surface area contributed by atoms with Crippen molar-refractivity contribution in [1.29, 1.82) is 0 Å². The van der Waals surface area contributed by atoms with Gasteiger partial charge in [0.1, 0.15) is 0 Å². The fraction of sp³-hybridized carbons (Fsp3) is 0.929. The van der Waals surface area contributed by atoms with Crippen LogP contribution in [0.3, 0.4) is 0 Å². The molecule has 122 valence electrons. The first kappa shape index (κ1) is 16.7. The quantitative estimate of drug-likeness (QED) is 0.768. The summed E-state index contributed by atoms with van der Waals surface area (Å²) in [5.74, 6) is 0.289. The van der Waals surface area contributed by atoms with Crippen molar-refractivity contribution in [3.05, 3.63) is 0 Å². The Hall–Kier alpha value is -0.660. The van der Waals surface area contributed by atoms with E-state index in [1.54, 1.807) is 11.2 Å². The zero-order valence-electron chi connectivity index (χ0n) is 13.0. The molecule has 7 heteroatoms. The highest BCUT2D eigenvalue weighted by Crippen LogP contribution is 2.35. The number of ether oxygens (including phenoxy) is 1. The molecule has 6 nitrogen and oxygen atoms in total. The van der Waals surface area contributed by atoms with Gasteiger partial charge in [-0.15, -0.1) is 0 Å². The van der Waals surface area contributed by atoms with Crippen molar-refractivity contribution in [2.75, 3.05) is 45.1 Å². The van der Waals surface area contributed by atoms with Crippen molar-refractivity contribution in [1.82, 2.24) is 9.21 Å². The molecule has 2 rings (SSSR count). The molecular formula is C14H26N2O4S. The molecule has 0 N–H and O–H groups in total. The molecule has 0 aromatic heterocycles. The van der Waals surface area contributed by atoms with Crippen LogP contribution in [-0.2, 0) is 19.6 Å². The topological polar surface area (TPSA) is 66.9 Å². The average Bonchev–Trinajstić information content (AvgIpc) is 2.62. The second-order valence-corrected chi connectivity index (χ2v) is 8.30. The molecule has 0 aromatic carbocycles. The largest absolute Gasteiger partial charge is 0.379 e. The van der Waals surface area contributed by atoms with E-state index in [1.165, 1.54) is 0 Å². The number of hydrogen-bond acceptors (Lipinski definition) is 4. The van der Waals surface area contributed by atoms with E-state index in [0.717, 1.165) is 12.8 Å². The predicted molar refractivity (Wildman–Crippen MR) is 80.4 cm³/mol. The lowest BCUT2D eigenvalue weighted by Crippen LogP contribution is -2.49. The highest BCUT2D eigenvalue weighted by molar-refractivity contribution is 7.89. The van der Waals surface area contributed by atoms with E-state index in [4.69, 9.17) is 4.74 Å².